The van der Waals surface area contributed by atoms with Gasteiger partial charge < -0.3 is 9.30 Å². The Kier molecular flexibility index (Phi) is 4.70. The van der Waals surface area contributed by atoms with Crippen LogP contribution in [0.25, 0.3) is 11.3 Å². The van der Waals surface area contributed by atoms with Gasteiger partial charge in [-0.2, -0.15) is 0 Å². The highest BCUT2D eigenvalue weighted by Crippen LogP contribution is 2.42. The van der Waals surface area contributed by atoms with Crippen molar-refractivity contribution in [3.63, 3.8) is 0 Å². The maximum absolute atomic E-state index is 13.0. The number of fused-ring (bicyclic) bond motifs is 3. The van der Waals surface area contributed by atoms with E-state index in [9.17, 15) is 4.79 Å². The Bertz CT molecular complexity index is 787. The van der Waals surface area contributed by atoms with Crippen molar-refractivity contribution in [2.75, 3.05) is 6.61 Å². The summed E-state index contributed by atoms with van der Waals surface area (Å²) in [4.78, 5) is 17.3. The first-order valence-corrected chi connectivity index (χ1v) is 9.89. The lowest BCUT2D eigenvalue weighted by Gasteiger charge is -2.37. The SMILES string of the molecule is CCCOC1(C)CCC(C(=O)CC2c3ccccc3-c3cncn32)CC1. The second-order valence-corrected chi connectivity index (χ2v) is 8.03. The van der Waals surface area contributed by atoms with Gasteiger partial charge in [-0.15, -0.1) is 0 Å². The average molecular weight is 352 g/mol. The van der Waals surface area contributed by atoms with Crippen molar-refractivity contribution in [3.05, 3.63) is 42.4 Å². The number of aromatic nitrogens is 2. The minimum Gasteiger partial charge on any atom is -0.375 e. The lowest BCUT2D eigenvalue weighted by atomic mass is 9.76. The molecule has 0 bridgehead atoms. The van der Waals surface area contributed by atoms with Gasteiger partial charge in [0.25, 0.3) is 0 Å². The average Bonchev–Trinajstić information content (AvgIpc) is 3.24. The summed E-state index contributed by atoms with van der Waals surface area (Å²) < 4.78 is 8.21. The largest absolute Gasteiger partial charge is 0.375 e. The first-order valence-electron chi connectivity index (χ1n) is 9.89. The van der Waals surface area contributed by atoms with Crippen LogP contribution in [-0.2, 0) is 9.53 Å². The van der Waals surface area contributed by atoms with Crippen molar-refractivity contribution in [1.82, 2.24) is 9.55 Å². The van der Waals surface area contributed by atoms with Crippen molar-refractivity contribution in [1.29, 1.82) is 0 Å². The molecule has 4 rings (SSSR count). The van der Waals surface area contributed by atoms with Crippen LogP contribution in [-0.4, -0.2) is 27.5 Å². The maximum atomic E-state index is 13.0. The van der Waals surface area contributed by atoms with Gasteiger partial charge in [0, 0.05) is 24.5 Å². The normalized spacial score (nSPS) is 27.2. The molecule has 0 saturated heterocycles. The fourth-order valence-corrected chi connectivity index (χ4v) is 4.54. The summed E-state index contributed by atoms with van der Waals surface area (Å²) in [7, 11) is 0. The van der Waals surface area contributed by atoms with Gasteiger partial charge in [-0.1, -0.05) is 31.2 Å². The van der Waals surface area contributed by atoms with Gasteiger partial charge in [0.2, 0.25) is 0 Å². The van der Waals surface area contributed by atoms with Gasteiger partial charge in [0.05, 0.1) is 29.9 Å². The Morgan fingerprint density at radius 1 is 1.31 bits per heavy atom. The standard InChI is InChI=1S/C22H28N2O2/c1-3-12-26-22(2)10-8-16(9-11-22)21(25)13-19-17-6-4-5-7-18(17)20-14-23-15-24(19)20/h4-7,14-16,19H,3,8-13H2,1-2H3. The minimum atomic E-state index is -0.0374. The summed E-state index contributed by atoms with van der Waals surface area (Å²) in [5, 5.41) is 0. The first kappa shape index (κ1) is 17.5. The van der Waals surface area contributed by atoms with Crippen LogP contribution >= 0.6 is 0 Å². The van der Waals surface area contributed by atoms with Gasteiger partial charge in [-0.05, 0) is 44.6 Å². The second kappa shape index (κ2) is 6.99. The van der Waals surface area contributed by atoms with E-state index in [1.54, 1.807) is 0 Å². The highest BCUT2D eigenvalue weighted by Gasteiger charge is 2.36. The quantitative estimate of drug-likeness (QED) is 0.751. The molecule has 0 radical (unpaired) electrons. The van der Waals surface area contributed by atoms with Gasteiger partial charge in [0.1, 0.15) is 5.78 Å². The monoisotopic (exact) mass is 352 g/mol. The third-order valence-corrected chi connectivity index (χ3v) is 6.15. The summed E-state index contributed by atoms with van der Waals surface area (Å²) in [6.07, 6.45) is 9.25. The number of nitrogens with zero attached hydrogens (tertiary/aromatic N) is 2. The zero-order valence-corrected chi connectivity index (χ0v) is 15.8. The van der Waals surface area contributed by atoms with Crippen molar-refractivity contribution < 1.29 is 9.53 Å². The first-order chi connectivity index (χ1) is 12.6. The maximum Gasteiger partial charge on any atom is 0.138 e. The van der Waals surface area contributed by atoms with Gasteiger partial charge in [-0.25, -0.2) is 4.98 Å². The zero-order chi connectivity index (χ0) is 18.1. The van der Waals surface area contributed by atoms with E-state index in [-0.39, 0.29) is 17.6 Å². The van der Waals surface area contributed by atoms with Gasteiger partial charge >= 0.3 is 0 Å². The number of ketones is 1. The van der Waals surface area contributed by atoms with E-state index >= 15 is 0 Å². The van der Waals surface area contributed by atoms with E-state index in [0.717, 1.165) is 44.4 Å². The molecule has 4 nitrogen and oxygen atoms in total. The molecule has 1 atom stereocenters. The molecule has 2 aliphatic rings. The van der Waals surface area contributed by atoms with E-state index in [0.29, 0.717) is 12.2 Å². The molecule has 2 aromatic rings. The van der Waals surface area contributed by atoms with Crippen molar-refractivity contribution in [3.8, 4) is 11.3 Å². The molecule has 1 fully saturated rings. The fraction of sp³-hybridized carbons (Fsp3) is 0.545. The molecule has 2 heterocycles. The number of ether oxygens (including phenoxy) is 1. The van der Waals surface area contributed by atoms with Crippen LogP contribution < -0.4 is 0 Å². The summed E-state index contributed by atoms with van der Waals surface area (Å²) in [6.45, 7) is 5.16. The van der Waals surface area contributed by atoms with E-state index < -0.39 is 0 Å². The van der Waals surface area contributed by atoms with Crippen LogP contribution in [0.5, 0.6) is 0 Å². The number of hydrogen-bond acceptors (Lipinski definition) is 3. The Morgan fingerprint density at radius 3 is 2.85 bits per heavy atom. The smallest absolute Gasteiger partial charge is 0.138 e. The number of hydrogen-bond donors (Lipinski definition) is 0. The van der Waals surface area contributed by atoms with Crippen molar-refractivity contribution in [2.24, 2.45) is 5.92 Å². The molecule has 0 spiro atoms. The topological polar surface area (TPSA) is 44.1 Å². The van der Waals surface area contributed by atoms with Crippen LogP contribution in [0.2, 0.25) is 0 Å². The molecule has 1 aliphatic carbocycles. The van der Waals surface area contributed by atoms with Crippen LogP contribution in [0, 0.1) is 5.92 Å². The molecule has 0 N–H and O–H groups in total. The van der Waals surface area contributed by atoms with E-state index in [1.165, 1.54) is 11.1 Å². The molecular formula is C22H28N2O2. The lowest BCUT2D eigenvalue weighted by molar-refractivity contribution is -0.127. The van der Waals surface area contributed by atoms with Gasteiger partial charge in [0.15, 0.2) is 0 Å². The van der Waals surface area contributed by atoms with Crippen LogP contribution in [0.3, 0.4) is 0 Å². The summed E-state index contributed by atoms with van der Waals surface area (Å²) >= 11 is 0. The molecule has 1 saturated carbocycles. The van der Waals surface area contributed by atoms with Crippen molar-refractivity contribution in [2.45, 2.75) is 64.0 Å². The fourth-order valence-electron chi connectivity index (χ4n) is 4.54. The minimum absolute atomic E-state index is 0.0374. The molecule has 26 heavy (non-hydrogen) atoms. The molecule has 1 aliphatic heterocycles. The number of carbonyl (C=O) groups excluding carboxylic acids is 1. The number of carbonyl (C=O) groups is 1. The molecule has 1 aromatic heterocycles. The number of benzene rings is 1. The molecule has 1 unspecified atom stereocenters. The van der Waals surface area contributed by atoms with Gasteiger partial charge in [-0.3, -0.25) is 4.79 Å². The third-order valence-electron chi connectivity index (χ3n) is 6.15. The predicted octanol–water partition coefficient (Wildman–Crippen LogP) is 4.79. The number of imidazole rings is 1. The predicted molar refractivity (Wildman–Crippen MR) is 102 cm³/mol. The van der Waals surface area contributed by atoms with Crippen LogP contribution in [0.4, 0.5) is 0 Å². The summed E-state index contributed by atoms with van der Waals surface area (Å²) in [6, 6.07) is 8.49. The Labute approximate surface area is 155 Å². The van der Waals surface area contributed by atoms with E-state index in [4.69, 9.17) is 4.74 Å². The Morgan fingerprint density at radius 2 is 2.08 bits per heavy atom. The second-order valence-electron chi connectivity index (χ2n) is 8.03. The van der Waals surface area contributed by atoms with Crippen LogP contribution in [0.1, 0.15) is 64.0 Å². The Hall–Kier alpha value is -1.94. The van der Waals surface area contributed by atoms with E-state index in [2.05, 4.69) is 47.7 Å². The highest BCUT2D eigenvalue weighted by molar-refractivity contribution is 5.83. The zero-order valence-electron chi connectivity index (χ0n) is 15.8. The molecule has 0 amide bonds. The molecule has 1 aromatic carbocycles. The van der Waals surface area contributed by atoms with Crippen LogP contribution in [0.15, 0.2) is 36.8 Å². The van der Waals surface area contributed by atoms with E-state index in [1.807, 2.05) is 12.5 Å². The Balaban J connectivity index is 1.44. The lowest BCUT2D eigenvalue weighted by Crippen LogP contribution is -2.36. The number of Topliss-reactive ketones (excluding diaryl/α,β-unsaturated/α-hetero) is 1. The number of rotatable bonds is 6. The third kappa shape index (κ3) is 3.11. The highest BCUT2D eigenvalue weighted by atomic mass is 16.5. The molecule has 4 heteroatoms. The van der Waals surface area contributed by atoms with Crippen molar-refractivity contribution >= 4 is 5.78 Å². The summed E-state index contributed by atoms with van der Waals surface area (Å²) in [5.74, 6) is 0.567. The summed E-state index contributed by atoms with van der Waals surface area (Å²) in [5.41, 5.74) is 3.56. The molecular weight excluding hydrogens is 324 g/mol. The molecule has 138 valence electrons.